The number of anilines is 2. The molecule has 5 aromatic rings. The zero-order chi connectivity index (χ0) is 23.8. The molecular weight excluding hydrogens is 458 g/mol. The summed E-state index contributed by atoms with van der Waals surface area (Å²) >= 11 is 1.29. The topological polar surface area (TPSA) is 86.5 Å². The zero-order valence-corrected chi connectivity index (χ0v) is 19.5. The Morgan fingerprint density at radius 2 is 1.54 bits per heavy atom. The Kier molecular flexibility index (Phi) is 5.31. The molecule has 6 rings (SSSR count). The van der Waals surface area contributed by atoms with Crippen molar-refractivity contribution >= 4 is 38.8 Å². The van der Waals surface area contributed by atoms with Crippen molar-refractivity contribution < 1.29 is 14.3 Å². The summed E-state index contributed by atoms with van der Waals surface area (Å²) in [5.74, 6) is 0.988. The van der Waals surface area contributed by atoms with Crippen LogP contribution in [0.5, 0.6) is 11.5 Å². The quantitative estimate of drug-likeness (QED) is 0.319. The lowest BCUT2D eigenvalue weighted by atomic mass is 9.99. The number of nitrogens with zero attached hydrogens (tertiary/aromatic N) is 1. The summed E-state index contributed by atoms with van der Waals surface area (Å²) in [4.78, 5) is 19.3. The molecule has 35 heavy (non-hydrogen) atoms. The van der Waals surface area contributed by atoms with Gasteiger partial charge in [0, 0.05) is 22.7 Å². The van der Waals surface area contributed by atoms with E-state index >= 15 is 0 Å². The van der Waals surface area contributed by atoms with Crippen LogP contribution in [0.1, 0.15) is 9.67 Å². The number of nitrogens with two attached hydrogens (primary N) is 1. The van der Waals surface area contributed by atoms with E-state index in [0.29, 0.717) is 41.0 Å². The fraction of sp³-hybridized carbons (Fsp3) is 0.0714. The summed E-state index contributed by atoms with van der Waals surface area (Å²) in [6.45, 7) is 0.990. The Hall–Kier alpha value is -4.36. The lowest BCUT2D eigenvalue weighted by Crippen LogP contribution is -2.16. The number of rotatable bonds is 4. The third-order valence-electron chi connectivity index (χ3n) is 5.86. The molecule has 0 spiro atoms. The third-order valence-corrected chi connectivity index (χ3v) is 6.96. The minimum atomic E-state index is -0.289. The molecule has 1 aliphatic rings. The van der Waals surface area contributed by atoms with E-state index in [2.05, 4.69) is 5.32 Å². The molecule has 0 aliphatic carbocycles. The molecule has 6 nitrogen and oxygen atoms in total. The maximum atomic E-state index is 13.3. The minimum absolute atomic E-state index is 0.289. The first-order valence-corrected chi connectivity index (χ1v) is 12.0. The van der Waals surface area contributed by atoms with Crippen molar-refractivity contribution in [3.63, 3.8) is 0 Å². The van der Waals surface area contributed by atoms with Crippen LogP contribution in [0, 0.1) is 0 Å². The highest BCUT2D eigenvalue weighted by atomic mass is 32.1. The van der Waals surface area contributed by atoms with Crippen molar-refractivity contribution in [3.8, 4) is 33.9 Å². The van der Waals surface area contributed by atoms with Gasteiger partial charge in [0.25, 0.3) is 5.91 Å². The van der Waals surface area contributed by atoms with Gasteiger partial charge in [-0.05, 0) is 29.3 Å². The highest BCUT2D eigenvalue weighted by Gasteiger charge is 2.22. The zero-order valence-electron chi connectivity index (χ0n) is 18.7. The van der Waals surface area contributed by atoms with Crippen LogP contribution in [0.15, 0.2) is 84.9 Å². The van der Waals surface area contributed by atoms with E-state index in [1.807, 2.05) is 66.7 Å². The Balaban J connectivity index is 1.44. The molecular formula is C28H21N3O3S. The van der Waals surface area contributed by atoms with Crippen molar-refractivity contribution in [2.45, 2.75) is 0 Å². The van der Waals surface area contributed by atoms with Crippen LogP contribution in [0.3, 0.4) is 0 Å². The fourth-order valence-electron chi connectivity index (χ4n) is 4.20. The van der Waals surface area contributed by atoms with Crippen LogP contribution >= 0.6 is 11.3 Å². The number of hydrogen-bond acceptors (Lipinski definition) is 6. The Labute approximate surface area is 206 Å². The molecule has 0 bridgehead atoms. The van der Waals surface area contributed by atoms with Gasteiger partial charge in [-0.1, -0.05) is 60.7 Å². The molecule has 1 aliphatic heterocycles. The first-order chi connectivity index (χ1) is 17.2. The first-order valence-electron chi connectivity index (χ1n) is 11.2. The number of carbonyl (C=O) groups excluding carboxylic acids is 1. The van der Waals surface area contributed by atoms with Gasteiger partial charge in [0.1, 0.15) is 22.9 Å². The molecule has 0 fully saturated rings. The van der Waals surface area contributed by atoms with Gasteiger partial charge in [-0.25, -0.2) is 4.98 Å². The molecule has 0 saturated carbocycles. The lowest BCUT2D eigenvalue weighted by Gasteiger charge is -2.18. The SMILES string of the molecule is Nc1c(C(=O)Nc2ccc3c(c2)OCCO3)sc2nc(-c3ccccc3)cc(-c3ccccc3)c12. The largest absolute Gasteiger partial charge is 0.486 e. The van der Waals surface area contributed by atoms with Crippen LogP contribution < -0.4 is 20.5 Å². The number of ether oxygens (including phenoxy) is 2. The molecule has 3 N–H and O–H groups in total. The van der Waals surface area contributed by atoms with Crippen LogP contribution in [-0.4, -0.2) is 24.1 Å². The molecule has 3 heterocycles. The normalized spacial score (nSPS) is 12.5. The number of benzene rings is 3. The van der Waals surface area contributed by atoms with Gasteiger partial charge in [0.2, 0.25) is 0 Å². The minimum Gasteiger partial charge on any atom is -0.486 e. The second-order valence-corrected chi connectivity index (χ2v) is 9.12. The van der Waals surface area contributed by atoms with E-state index in [-0.39, 0.29) is 5.91 Å². The van der Waals surface area contributed by atoms with Crippen molar-refractivity contribution in [2.24, 2.45) is 0 Å². The summed E-state index contributed by atoms with van der Waals surface area (Å²) < 4.78 is 11.2. The number of fused-ring (bicyclic) bond motifs is 2. The van der Waals surface area contributed by atoms with Crippen molar-refractivity contribution in [1.29, 1.82) is 0 Å². The number of hydrogen-bond donors (Lipinski definition) is 2. The summed E-state index contributed by atoms with van der Waals surface area (Å²) in [5, 5.41) is 3.73. The molecule has 1 amide bonds. The fourth-order valence-corrected chi connectivity index (χ4v) is 5.22. The Bertz CT molecular complexity index is 1550. The van der Waals surface area contributed by atoms with Crippen molar-refractivity contribution in [2.75, 3.05) is 24.3 Å². The number of pyridine rings is 1. The van der Waals surface area contributed by atoms with Gasteiger partial charge in [-0.3, -0.25) is 4.79 Å². The van der Waals surface area contributed by atoms with E-state index in [9.17, 15) is 4.79 Å². The van der Waals surface area contributed by atoms with Gasteiger partial charge < -0.3 is 20.5 Å². The summed E-state index contributed by atoms with van der Waals surface area (Å²) in [5.41, 5.74) is 11.4. The van der Waals surface area contributed by atoms with Crippen LogP contribution in [0.4, 0.5) is 11.4 Å². The smallest absolute Gasteiger partial charge is 0.267 e. The summed E-state index contributed by atoms with van der Waals surface area (Å²) in [7, 11) is 0. The Morgan fingerprint density at radius 1 is 0.857 bits per heavy atom. The molecule has 172 valence electrons. The molecule has 3 aromatic carbocycles. The summed E-state index contributed by atoms with van der Waals surface area (Å²) in [6, 6.07) is 27.4. The van der Waals surface area contributed by atoms with E-state index < -0.39 is 0 Å². The monoisotopic (exact) mass is 479 g/mol. The molecule has 7 heteroatoms. The maximum Gasteiger partial charge on any atom is 0.267 e. The molecule has 0 radical (unpaired) electrons. The van der Waals surface area contributed by atoms with Crippen LogP contribution in [0.2, 0.25) is 0 Å². The number of aromatic nitrogens is 1. The first kappa shape index (κ1) is 21.2. The van der Waals surface area contributed by atoms with Crippen molar-refractivity contribution in [1.82, 2.24) is 4.98 Å². The van der Waals surface area contributed by atoms with Gasteiger partial charge in [0.15, 0.2) is 11.5 Å². The number of nitrogen functional groups attached to an aromatic ring is 1. The van der Waals surface area contributed by atoms with Crippen LogP contribution in [-0.2, 0) is 0 Å². The third kappa shape index (κ3) is 3.96. The van der Waals surface area contributed by atoms with E-state index in [4.69, 9.17) is 20.2 Å². The molecule has 2 aromatic heterocycles. The van der Waals surface area contributed by atoms with Gasteiger partial charge in [-0.2, -0.15) is 0 Å². The molecule has 0 atom stereocenters. The van der Waals surface area contributed by atoms with Gasteiger partial charge in [0.05, 0.1) is 11.4 Å². The highest BCUT2D eigenvalue weighted by molar-refractivity contribution is 7.21. The molecule has 0 unspecified atom stereocenters. The van der Waals surface area contributed by atoms with E-state index in [1.165, 1.54) is 11.3 Å². The highest BCUT2D eigenvalue weighted by Crippen LogP contribution is 2.42. The van der Waals surface area contributed by atoms with E-state index in [0.717, 1.165) is 32.6 Å². The second-order valence-electron chi connectivity index (χ2n) is 8.12. The van der Waals surface area contributed by atoms with Gasteiger partial charge in [-0.15, -0.1) is 11.3 Å². The second kappa shape index (κ2) is 8.77. The predicted molar refractivity (Wildman–Crippen MR) is 140 cm³/mol. The summed E-state index contributed by atoms with van der Waals surface area (Å²) in [6.07, 6.45) is 0. The number of carbonyl (C=O) groups is 1. The maximum absolute atomic E-state index is 13.3. The van der Waals surface area contributed by atoms with Crippen LogP contribution in [0.25, 0.3) is 32.6 Å². The van der Waals surface area contributed by atoms with Gasteiger partial charge >= 0.3 is 0 Å². The number of nitrogens with one attached hydrogen (secondary N) is 1. The average Bonchev–Trinajstić information content (AvgIpc) is 3.25. The lowest BCUT2D eigenvalue weighted by molar-refractivity contribution is 0.103. The number of amides is 1. The Morgan fingerprint density at radius 3 is 2.29 bits per heavy atom. The van der Waals surface area contributed by atoms with E-state index in [1.54, 1.807) is 18.2 Å². The average molecular weight is 480 g/mol. The predicted octanol–water partition coefficient (Wildman–Crippen LogP) is 6.24. The molecule has 0 saturated heterocycles. The number of thiophene rings is 1. The van der Waals surface area contributed by atoms with Crippen molar-refractivity contribution in [3.05, 3.63) is 89.8 Å². The standard InChI is InChI=1S/C28H21N3O3S/c29-25-24-20(17-7-3-1-4-8-17)16-21(18-9-5-2-6-10-18)31-28(24)35-26(25)27(32)30-19-11-12-22-23(15-19)34-14-13-33-22/h1-12,15-16H,13-14,29H2,(H,30,32).